The Hall–Kier alpha value is 0.940. The maximum absolute atomic E-state index is 9.10. The van der Waals surface area contributed by atoms with Crippen molar-refractivity contribution in [1.82, 2.24) is 0 Å². The number of hydrogen-bond donors (Lipinski definition) is 2. The molecule has 8 heavy (non-hydrogen) atoms. The smallest absolute Gasteiger partial charge is 1.00 e. The summed E-state index contributed by atoms with van der Waals surface area (Å²) in [6.45, 7) is 0. The predicted octanol–water partition coefficient (Wildman–Crippen LogP) is -6.61. The maximum atomic E-state index is 9.10. The third kappa shape index (κ3) is 10.0. The second-order valence-electron chi connectivity index (χ2n) is 0.610. The molecule has 0 radical (unpaired) electrons. The Kier molecular flexibility index (Phi) is 15.9. The molecular weight excluding hydrogens is 134 g/mol. The molecule has 0 atom stereocenters. The van der Waals surface area contributed by atoms with Crippen LogP contribution in [0.5, 0.6) is 0 Å². The van der Waals surface area contributed by atoms with E-state index in [1.807, 2.05) is 0 Å². The van der Waals surface area contributed by atoms with Gasteiger partial charge >= 0.3 is 71.1 Å². The first-order chi connectivity index (χ1) is 2.64. The Bertz CT molecular complexity index is 85.3. The molecule has 4 nitrogen and oxygen atoms in total. The topological polar surface area (TPSA) is 74.6 Å². The molecule has 0 saturated heterocycles. The summed E-state index contributed by atoms with van der Waals surface area (Å²) in [5.74, 6) is -3.65. The molecule has 0 aliphatic heterocycles. The largest absolute Gasteiger partial charge is 1.00 e. The number of aliphatic carboxylic acids is 2. The van der Waals surface area contributed by atoms with Crippen LogP contribution in [0.3, 0.4) is 0 Å². The van der Waals surface area contributed by atoms with E-state index in [9.17, 15) is 0 Å². The van der Waals surface area contributed by atoms with Crippen LogP contribution in [0.4, 0.5) is 0 Å². The van der Waals surface area contributed by atoms with Crippen LogP contribution in [-0.4, -0.2) is 22.2 Å². The number of carbonyl (C=O) groups is 2. The van der Waals surface area contributed by atoms with Gasteiger partial charge in [0.05, 0.1) is 0 Å². The Morgan fingerprint density at radius 1 is 1.00 bits per heavy atom. The quantitative estimate of drug-likeness (QED) is 0.258. The summed E-state index contributed by atoms with van der Waals surface area (Å²) in [6.07, 6.45) is 0. The van der Waals surface area contributed by atoms with Gasteiger partial charge in [-0.05, 0) is 0 Å². The van der Waals surface area contributed by atoms with E-state index in [0.29, 0.717) is 0 Å². The van der Waals surface area contributed by atoms with Gasteiger partial charge in [-0.3, -0.25) is 0 Å². The summed E-state index contributed by atoms with van der Waals surface area (Å²) >= 11 is 0. The van der Waals surface area contributed by atoms with Crippen molar-refractivity contribution < 1.29 is 81.8 Å². The van der Waals surface area contributed by atoms with E-state index in [1.54, 1.807) is 0 Å². The van der Waals surface area contributed by atoms with Crippen molar-refractivity contribution in [3.05, 3.63) is 0 Å². The molecule has 2 N–H and O–H groups in total. The van der Waals surface area contributed by atoms with Gasteiger partial charge in [-0.25, -0.2) is 9.59 Å². The third-order valence-electron chi connectivity index (χ3n) is 0.183. The molecule has 6 heteroatoms. The molecule has 0 spiro atoms. The second kappa shape index (κ2) is 7.94. The van der Waals surface area contributed by atoms with Gasteiger partial charge in [0.2, 0.25) is 0 Å². The van der Waals surface area contributed by atoms with E-state index < -0.39 is 11.9 Å². The molecule has 0 unspecified atom stereocenters. The number of hydrogen-bond acceptors (Lipinski definition) is 2. The first kappa shape index (κ1) is 16.0. The van der Waals surface area contributed by atoms with Crippen LogP contribution in [0.1, 0.15) is 2.85 Å². The molecule has 0 rings (SSSR count). The molecule has 0 heterocycles. The minimum absolute atomic E-state index is 0. The van der Waals surface area contributed by atoms with Crippen molar-refractivity contribution in [2.45, 2.75) is 0 Å². The fraction of sp³-hybridized carbons (Fsp3) is 0. The maximum Gasteiger partial charge on any atom is 1.00 e. The van der Waals surface area contributed by atoms with E-state index in [2.05, 4.69) is 0 Å². The van der Waals surface area contributed by atoms with Gasteiger partial charge in [0, 0.05) is 0 Å². The van der Waals surface area contributed by atoms with Gasteiger partial charge in [-0.1, -0.05) is 0 Å². The average molecular weight is 138 g/mol. The van der Waals surface area contributed by atoms with E-state index in [1.165, 1.54) is 0 Å². The Morgan fingerprint density at radius 3 is 1.12 bits per heavy atom. The van der Waals surface area contributed by atoms with Crippen molar-refractivity contribution in [3.63, 3.8) is 0 Å². The van der Waals surface area contributed by atoms with E-state index in [4.69, 9.17) is 19.8 Å². The Balaban J connectivity index is -0.0000000208. The minimum Gasteiger partial charge on any atom is -1.00 e. The molecule has 0 aromatic heterocycles. The van der Waals surface area contributed by atoms with E-state index in [-0.39, 0.29) is 62.0 Å². The van der Waals surface area contributed by atoms with Gasteiger partial charge in [-0.15, -0.1) is 0 Å². The van der Waals surface area contributed by atoms with Crippen LogP contribution in [0.2, 0.25) is 0 Å². The Labute approximate surface area is 92.8 Å². The molecule has 0 fully saturated rings. The summed E-state index contributed by atoms with van der Waals surface area (Å²) in [7, 11) is 0. The molecule has 0 bridgehead atoms. The van der Waals surface area contributed by atoms with Crippen LogP contribution in [-0.2, 0) is 9.59 Å². The summed E-state index contributed by atoms with van der Waals surface area (Å²) < 4.78 is 0. The standard InChI is InChI=1S/C2H2O4.2Na.2H/c3-1(4)2(5)6;;;;/h(H,3,4)(H,5,6);;;;/q;2*+1;2*-1. The first-order valence-corrected chi connectivity index (χ1v) is 1.11. The van der Waals surface area contributed by atoms with Crippen LogP contribution in [0.15, 0.2) is 0 Å². The molecule has 0 aliphatic rings. The van der Waals surface area contributed by atoms with E-state index in [0.717, 1.165) is 0 Å². The zero-order chi connectivity index (χ0) is 5.15. The van der Waals surface area contributed by atoms with Crippen molar-refractivity contribution in [3.8, 4) is 0 Å². The van der Waals surface area contributed by atoms with Crippen molar-refractivity contribution in [2.24, 2.45) is 0 Å². The average Bonchev–Trinajstić information content (AvgIpc) is 1.36. The molecule has 0 aromatic rings. The summed E-state index contributed by atoms with van der Waals surface area (Å²) in [5.41, 5.74) is 0. The molecule has 0 aromatic carbocycles. The molecule has 0 saturated carbocycles. The van der Waals surface area contributed by atoms with Crippen LogP contribution >= 0.6 is 0 Å². The van der Waals surface area contributed by atoms with E-state index >= 15 is 0 Å². The predicted molar refractivity (Wildman–Crippen MR) is 17.5 cm³/mol. The van der Waals surface area contributed by atoms with Gasteiger partial charge < -0.3 is 13.1 Å². The molecule has 0 amide bonds. The van der Waals surface area contributed by atoms with Crippen molar-refractivity contribution >= 4 is 11.9 Å². The van der Waals surface area contributed by atoms with Crippen LogP contribution in [0, 0.1) is 0 Å². The monoisotopic (exact) mass is 138 g/mol. The third-order valence-corrected chi connectivity index (χ3v) is 0.183. The summed E-state index contributed by atoms with van der Waals surface area (Å²) in [5, 5.41) is 14.8. The number of rotatable bonds is 0. The van der Waals surface area contributed by atoms with Gasteiger partial charge in [-0.2, -0.15) is 0 Å². The molecule has 0 aliphatic carbocycles. The van der Waals surface area contributed by atoms with Gasteiger partial charge in [0.25, 0.3) is 0 Å². The normalized spacial score (nSPS) is 5.50. The van der Waals surface area contributed by atoms with Crippen molar-refractivity contribution in [2.75, 3.05) is 0 Å². The summed E-state index contributed by atoms with van der Waals surface area (Å²) in [4.78, 5) is 18.2. The number of carboxylic acid groups (broad SMARTS) is 2. The zero-order valence-corrected chi connectivity index (χ0v) is 8.71. The fourth-order valence-corrected chi connectivity index (χ4v) is 0. The minimum atomic E-state index is -1.82. The molecule has 38 valence electrons. The second-order valence-corrected chi connectivity index (χ2v) is 0.610. The molecular formula is C2H4Na2O4. The fourth-order valence-electron chi connectivity index (χ4n) is 0. The van der Waals surface area contributed by atoms with Crippen LogP contribution < -0.4 is 59.1 Å². The first-order valence-electron chi connectivity index (χ1n) is 1.11. The Morgan fingerprint density at radius 2 is 1.12 bits per heavy atom. The summed E-state index contributed by atoms with van der Waals surface area (Å²) in [6, 6.07) is 0. The SMILES string of the molecule is O=C(O)C(=O)O.[H-].[H-].[Na+].[Na+]. The zero-order valence-electron chi connectivity index (χ0n) is 6.71. The van der Waals surface area contributed by atoms with Gasteiger partial charge in [0.1, 0.15) is 0 Å². The van der Waals surface area contributed by atoms with Crippen LogP contribution in [0.25, 0.3) is 0 Å². The van der Waals surface area contributed by atoms with Crippen molar-refractivity contribution in [1.29, 1.82) is 0 Å². The number of carboxylic acids is 2. The van der Waals surface area contributed by atoms with Gasteiger partial charge in [0.15, 0.2) is 0 Å².